The number of aryl methyl sites for hydroxylation is 2. The summed E-state index contributed by atoms with van der Waals surface area (Å²) in [4.78, 5) is 4.48. The predicted molar refractivity (Wildman–Crippen MR) is 75.4 cm³/mol. The quantitative estimate of drug-likeness (QED) is 0.865. The molecule has 5 heteroatoms. The molecule has 1 aliphatic rings. The summed E-state index contributed by atoms with van der Waals surface area (Å²) in [5.41, 5.74) is 7.86. The van der Waals surface area contributed by atoms with Gasteiger partial charge in [0.15, 0.2) is 5.82 Å². The van der Waals surface area contributed by atoms with E-state index in [0.29, 0.717) is 12.5 Å². The summed E-state index contributed by atoms with van der Waals surface area (Å²) < 4.78 is 10.8. The lowest BCUT2D eigenvalue weighted by molar-refractivity contribution is 0.0773. The van der Waals surface area contributed by atoms with Gasteiger partial charge in [-0.15, -0.1) is 0 Å². The van der Waals surface area contributed by atoms with Gasteiger partial charge in [0.25, 0.3) is 0 Å². The van der Waals surface area contributed by atoms with Gasteiger partial charge in [-0.3, -0.25) is 0 Å². The molecule has 1 aliphatic heterocycles. The van der Waals surface area contributed by atoms with Crippen molar-refractivity contribution < 1.29 is 9.26 Å². The van der Waals surface area contributed by atoms with Gasteiger partial charge >= 0.3 is 0 Å². The zero-order chi connectivity index (χ0) is 13.8. The Balaban J connectivity index is 1.61. The normalized spacial score (nSPS) is 19.1. The number of hydrogen-bond donors (Lipinski definition) is 1. The lowest BCUT2D eigenvalue weighted by atomic mass is 10.0. The Hall–Kier alpha value is -1.88. The number of nitrogens with two attached hydrogens (primary N) is 1. The number of hydrogen-bond acceptors (Lipinski definition) is 5. The van der Waals surface area contributed by atoms with E-state index in [1.54, 1.807) is 0 Å². The van der Waals surface area contributed by atoms with E-state index >= 15 is 0 Å². The Bertz CT molecular complexity index is 562. The molecule has 1 aromatic heterocycles. The molecule has 1 atom stereocenters. The van der Waals surface area contributed by atoms with Crippen LogP contribution in [0, 0.1) is 0 Å². The van der Waals surface area contributed by atoms with Crippen LogP contribution in [-0.2, 0) is 17.6 Å². The van der Waals surface area contributed by atoms with Crippen LogP contribution in [-0.4, -0.2) is 23.4 Å². The van der Waals surface area contributed by atoms with Crippen molar-refractivity contribution in [3.8, 4) is 0 Å². The van der Waals surface area contributed by atoms with Gasteiger partial charge in [0.05, 0.1) is 6.61 Å². The third-order valence-corrected chi connectivity index (χ3v) is 3.67. The minimum absolute atomic E-state index is 0.281. The van der Waals surface area contributed by atoms with Gasteiger partial charge in [0.2, 0.25) is 5.89 Å². The van der Waals surface area contributed by atoms with E-state index in [1.165, 1.54) is 0 Å². The molecule has 5 nitrogen and oxygen atoms in total. The number of rotatable bonds is 4. The number of anilines is 1. The maximum atomic E-state index is 5.92. The van der Waals surface area contributed by atoms with Gasteiger partial charge in [0, 0.05) is 24.6 Å². The fraction of sp³-hybridized carbons (Fsp3) is 0.467. The maximum absolute atomic E-state index is 5.92. The molecule has 1 saturated heterocycles. The van der Waals surface area contributed by atoms with Crippen molar-refractivity contribution in [1.82, 2.24) is 10.1 Å². The highest BCUT2D eigenvalue weighted by atomic mass is 16.5. The molecule has 1 fully saturated rings. The van der Waals surface area contributed by atoms with E-state index in [1.807, 2.05) is 24.3 Å². The van der Waals surface area contributed by atoms with E-state index in [9.17, 15) is 0 Å². The zero-order valence-electron chi connectivity index (χ0n) is 11.4. The summed E-state index contributed by atoms with van der Waals surface area (Å²) in [7, 11) is 0. The molecule has 2 aromatic rings. The van der Waals surface area contributed by atoms with E-state index in [2.05, 4.69) is 10.1 Å². The van der Waals surface area contributed by atoms with Crippen LogP contribution < -0.4 is 5.73 Å². The Kier molecular flexibility index (Phi) is 3.97. The summed E-state index contributed by atoms with van der Waals surface area (Å²) in [6, 6.07) is 7.87. The number of para-hydroxylation sites is 1. The minimum atomic E-state index is 0.281. The van der Waals surface area contributed by atoms with E-state index in [-0.39, 0.29) is 5.92 Å². The number of nitrogens with zero attached hydrogens (tertiary/aromatic N) is 2. The zero-order valence-corrected chi connectivity index (χ0v) is 11.4. The van der Waals surface area contributed by atoms with Crippen LogP contribution in [0.2, 0.25) is 0 Å². The van der Waals surface area contributed by atoms with Crippen molar-refractivity contribution >= 4 is 5.69 Å². The highest BCUT2D eigenvalue weighted by molar-refractivity contribution is 5.46. The molecule has 0 spiro atoms. The van der Waals surface area contributed by atoms with Crippen LogP contribution >= 0.6 is 0 Å². The van der Waals surface area contributed by atoms with Crippen molar-refractivity contribution in [3.63, 3.8) is 0 Å². The van der Waals surface area contributed by atoms with Crippen molar-refractivity contribution in [2.24, 2.45) is 0 Å². The smallest absolute Gasteiger partial charge is 0.226 e. The molecule has 20 heavy (non-hydrogen) atoms. The maximum Gasteiger partial charge on any atom is 0.226 e. The minimum Gasteiger partial charge on any atom is -0.399 e. The van der Waals surface area contributed by atoms with E-state index in [0.717, 1.165) is 49.4 Å². The Morgan fingerprint density at radius 2 is 2.15 bits per heavy atom. The second-order valence-corrected chi connectivity index (χ2v) is 5.16. The number of nitrogen functional groups attached to an aromatic ring is 1. The van der Waals surface area contributed by atoms with E-state index in [4.69, 9.17) is 15.0 Å². The topological polar surface area (TPSA) is 74.2 Å². The lowest BCUT2D eigenvalue weighted by Gasteiger charge is -2.18. The molecule has 0 amide bonds. The molecular formula is C15H19N3O2. The highest BCUT2D eigenvalue weighted by Gasteiger charge is 2.21. The molecule has 0 bridgehead atoms. The summed E-state index contributed by atoms with van der Waals surface area (Å²) in [6.07, 6.45) is 3.67. The molecule has 2 heterocycles. The van der Waals surface area contributed by atoms with Crippen LogP contribution in [0.25, 0.3) is 0 Å². The average molecular weight is 273 g/mol. The summed E-state index contributed by atoms with van der Waals surface area (Å²) in [6.45, 7) is 1.54. The summed E-state index contributed by atoms with van der Waals surface area (Å²) >= 11 is 0. The number of benzene rings is 1. The van der Waals surface area contributed by atoms with Crippen molar-refractivity contribution in [1.29, 1.82) is 0 Å². The van der Waals surface area contributed by atoms with Crippen LogP contribution in [0.3, 0.4) is 0 Å². The van der Waals surface area contributed by atoms with Crippen molar-refractivity contribution in [3.05, 3.63) is 41.5 Å². The predicted octanol–water partition coefficient (Wildman–Crippen LogP) is 2.33. The second kappa shape index (κ2) is 6.05. The highest BCUT2D eigenvalue weighted by Crippen LogP contribution is 2.23. The number of aromatic nitrogens is 2. The first kappa shape index (κ1) is 13.1. The SMILES string of the molecule is Nc1ccccc1CCc1nc(C2CCCOC2)no1. The molecule has 2 N–H and O–H groups in total. The molecule has 1 aromatic carbocycles. The van der Waals surface area contributed by atoms with Crippen molar-refractivity contribution in [2.45, 2.75) is 31.6 Å². The fourth-order valence-corrected chi connectivity index (χ4v) is 2.48. The molecular weight excluding hydrogens is 254 g/mol. The van der Waals surface area contributed by atoms with Crippen LogP contribution in [0.1, 0.15) is 36.0 Å². The van der Waals surface area contributed by atoms with Gasteiger partial charge in [-0.1, -0.05) is 23.4 Å². The first-order chi connectivity index (χ1) is 9.83. The molecule has 0 radical (unpaired) electrons. The standard InChI is InChI=1S/C15H19N3O2/c16-13-6-2-1-4-11(13)7-8-14-17-15(18-20-14)12-5-3-9-19-10-12/h1-2,4,6,12H,3,5,7-10,16H2. The third kappa shape index (κ3) is 2.99. The van der Waals surface area contributed by atoms with Crippen LogP contribution in [0.4, 0.5) is 5.69 Å². The molecule has 0 saturated carbocycles. The molecule has 106 valence electrons. The fourth-order valence-electron chi connectivity index (χ4n) is 2.48. The Labute approximate surface area is 118 Å². The first-order valence-electron chi connectivity index (χ1n) is 7.06. The third-order valence-electron chi connectivity index (χ3n) is 3.67. The second-order valence-electron chi connectivity index (χ2n) is 5.16. The van der Waals surface area contributed by atoms with Crippen LogP contribution in [0.5, 0.6) is 0 Å². The Morgan fingerprint density at radius 3 is 2.95 bits per heavy atom. The lowest BCUT2D eigenvalue weighted by Crippen LogP contribution is -2.16. The molecule has 3 rings (SSSR count). The summed E-state index contributed by atoms with van der Waals surface area (Å²) in [5.74, 6) is 1.73. The van der Waals surface area contributed by atoms with Gasteiger partial charge in [-0.2, -0.15) is 4.98 Å². The largest absolute Gasteiger partial charge is 0.399 e. The molecule has 0 aliphatic carbocycles. The van der Waals surface area contributed by atoms with Crippen LogP contribution in [0.15, 0.2) is 28.8 Å². The van der Waals surface area contributed by atoms with Crippen molar-refractivity contribution in [2.75, 3.05) is 18.9 Å². The average Bonchev–Trinajstić information content (AvgIpc) is 2.96. The monoisotopic (exact) mass is 273 g/mol. The van der Waals surface area contributed by atoms with Gasteiger partial charge in [-0.25, -0.2) is 0 Å². The Morgan fingerprint density at radius 1 is 1.25 bits per heavy atom. The van der Waals surface area contributed by atoms with Gasteiger partial charge < -0.3 is 15.0 Å². The first-order valence-corrected chi connectivity index (χ1v) is 7.06. The number of ether oxygens (including phenoxy) is 1. The summed E-state index contributed by atoms with van der Waals surface area (Å²) in [5, 5.41) is 4.08. The van der Waals surface area contributed by atoms with Gasteiger partial charge in [0.1, 0.15) is 0 Å². The van der Waals surface area contributed by atoms with Gasteiger partial charge in [-0.05, 0) is 30.9 Å². The molecule has 1 unspecified atom stereocenters. The van der Waals surface area contributed by atoms with E-state index < -0.39 is 0 Å².